The molecule has 0 aliphatic carbocycles. The van der Waals surface area contributed by atoms with Crippen molar-refractivity contribution in [2.45, 2.75) is 0 Å². The summed E-state index contributed by atoms with van der Waals surface area (Å²) in [5, 5.41) is 17.4. The quantitative estimate of drug-likeness (QED) is 0.296. The van der Waals surface area contributed by atoms with E-state index >= 15 is 0 Å². The molecule has 182 valence electrons. The van der Waals surface area contributed by atoms with Crippen LogP contribution >= 0.6 is 15.9 Å². The Labute approximate surface area is 213 Å². The highest BCUT2D eigenvalue weighted by molar-refractivity contribution is 9.10. The number of anilines is 1. The van der Waals surface area contributed by atoms with Crippen LogP contribution < -0.4 is 16.2 Å². The van der Waals surface area contributed by atoms with E-state index in [0.29, 0.717) is 52.8 Å². The Kier molecular flexibility index (Phi) is 6.25. The normalized spacial score (nSPS) is 13.6. The summed E-state index contributed by atoms with van der Waals surface area (Å²) in [5.41, 5.74) is 6.67. The number of benzene rings is 3. The van der Waals surface area contributed by atoms with Gasteiger partial charge in [-0.25, -0.2) is 0 Å². The topological polar surface area (TPSA) is 134 Å². The molecule has 10 nitrogen and oxygen atoms in total. The van der Waals surface area contributed by atoms with E-state index in [9.17, 15) is 19.7 Å². The van der Waals surface area contributed by atoms with Crippen molar-refractivity contribution in [2.24, 2.45) is 5.73 Å². The number of amides is 1. The molecule has 0 bridgehead atoms. The van der Waals surface area contributed by atoms with Crippen molar-refractivity contribution in [3.8, 4) is 16.9 Å². The molecule has 0 radical (unpaired) electrons. The Morgan fingerprint density at radius 1 is 1.06 bits per heavy atom. The second-order valence-corrected chi connectivity index (χ2v) is 9.15. The Balaban J connectivity index is 1.80. The number of halogens is 1. The van der Waals surface area contributed by atoms with E-state index in [1.807, 2.05) is 4.90 Å². The number of nitrogens with zero attached hydrogens (tertiary/aromatic N) is 4. The van der Waals surface area contributed by atoms with Crippen molar-refractivity contribution in [3.05, 3.63) is 91.2 Å². The maximum absolute atomic E-state index is 13.6. The van der Waals surface area contributed by atoms with E-state index in [2.05, 4.69) is 21.0 Å². The summed E-state index contributed by atoms with van der Waals surface area (Å²) in [6.07, 6.45) is 0. The van der Waals surface area contributed by atoms with Crippen LogP contribution in [0.5, 0.6) is 0 Å². The molecule has 1 amide bonds. The van der Waals surface area contributed by atoms with Crippen molar-refractivity contribution in [2.75, 3.05) is 31.2 Å². The molecule has 36 heavy (non-hydrogen) atoms. The molecule has 1 aliphatic rings. The minimum atomic E-state index is -0.621. The lowest BCUT2D eigenvalue weighted by Crippen LogP contribution is -2.36. The number of rotatable bonds is 5. The van der Waals surface area contributed by atoms with Gasteiger partial charge in [0.25, 0.3) is 11.2 Å². The minimum Gasteiger partial charge on any atom is -0.378 e. The van der Waals surface area contributed by atoms with Gasteiger partial charge in [0.1, 0.15) is 5.69 Å². The first-order valence-corrected chi connectivity index (χ1v) is 11.9. The van der Waals surface area contributed by atoms with E-state index in [1.165, 1.54) is 6.07 Å². The summed E-state index contributed by atoms with van der Waals surface area (Å²) >= 11 is 3.40. The number of ether oxygens (including phenoxy) is 1. The van der Waals surface area contributed by atoms with Crippen LogP contribution in [0.25, 0.3) is 27.7 Å². The largest absolute Gasteiger partial charge is 0.378 e. The summed E-state index contributed by atoms with van der Waals surface area (Å²) in [4.78, 5) is 38.9. The van der Waals surface area contributed by atoms with Crippen LogP contribution in [0.1, 0.15) is 10.4 Å². The number of nitrogens with two attached hydrogens (primary N) is 1. The smallest absolute Gasteiger partial charge is 0.295 e. The lowest BCUT2D eigenvalue weighted by Gasteiger charge is -2.29. The fourth-order valence-corrected chi connectivity index (χ4v) is 4.78. The SMILES string of the molecule is NC(=O)c1cc(Br)cc(-c2nn(-c3cc(N4CCOCC4)ccc3[N+](=O)[O-])c(=O)c3ccccc23)c1. The number of aromatic nitrogens is 2. The van der Waals surface area contributed by atoms with Gasteiger partial charge in [-0.15, -0.1) is 0 Å². The molecule has 0 spiro atoms. The van der Waals surface area contributed by atoms with Gasteiger partial charge in [0.15, 0.2) is 0 Å². The average molecular weight is 550 g/mol. The van der Waals surface area contributed by atoms with E-state index in [-0.39, 0.29) is 16.9 Å². The first-order chi connectivity index (χ1) is 17.3. The van der Waals surface area contributed by atoms with Crippen LogP contribution in [0.3, 0.4) is 0 Å². The minimum absolute atomic E-state index is 0.0473. The molecular formula is C25H20BrN5O5. The Hall–Kier alpha value is -4.09. The van der Waals surface area contributed by atoms with Crippen LogP contribution in [0.15, 0.2) is 69.9 Å². The highest BCUT2D eigenvalue weighted by Gasteiger charge is 2.23. The zero-order valence-electron chi connectivity index (χ0n) is 18.9. The van der Waals surface area contributed by atoms with Gasteiger partial charge in [-0.1, -0.05) is 34.1 Å². The number of carbonyl (C=O) groups excluding carboxylic acids is 1. The third-order valence-corrected chi connectivity index (χ3v) is 6.48. The second kappa shape index (κ2) is 9.51. The molecule has 11 heteroatoms. The number of hydrogen-bond acceptors (Lipinski definition) is 7. The van der Waals surface area contributed by atoms with Crippen molar-refractivity contribution in [1.29, 1.82) is 0 Å². The van der Waals surface area contributed by atoms with Gasteiger partial charge in [-0.3, -0.25) is 19.7 Å². The van der Waals surface area contributed by atoms with Gasteiger partial charge in [-0.2, -0.15) is 9.78 Å². The summed E-state index contributed by atoms with van der Waals surface area (Å²) < 4.78 is 7.07. The fraction of sp³-hybridized carbons (Fsp3) is 0.160. The van der Waals surface area contributed by atoms with Gasteiger partial charge in [0.2, 0.25) is 5.91 Å². The zero-order chi connectivity index (χ0) is 25.4. The van der Waals surface area contributed by atoms with E-state index < -0.39 is 16.4 Å². The fourth-order valence-electron chi connectivity index (χ4n) is 4.29. The van der Waals surface area contributed by atoms with Crippen LogP contribution in [0, 0.1) is 10.1 Å². The van der Waals surface area contributed by atoms with E-state index in [0.717, 1.165) is 10.4 Å². The molecular weight excluding hydrogens is 530 g/mol. The second-order valence-electron chi connectivity index (χ2n) is 8.23. The molecule has 1 aliphatic heterocycles. The molecule has 1 fully saturated rings. The average Bonchev–Trinajstić information content (AvgIpc) is 2.89. The monoisotopic (exact) mass is 549 g/mol. The van der Waals surface area contributed by atoms with Crippen molar-refractivity contribution >= 4 is 44.0 Å². The third kappa shape index (κ3) is 4.34. The van der Waals surface area contributed by atoms with Crippen LogP contribution in [0.2, 0.25) is 0 Å². The lowest BCUT2D eigenvalue weighted by atomic mass is 10.0. The number of fused-ring (bicyclic) bond motifs is 1. The Morgan fingerprint density at radius 3 is 2.47 bits per heavy atom. The van der Waals surface area contributed by atoms with Gasteiger partial charge in [0, 0.05) is 45.8 Å². The predicted molar refractivity (Wildman–Crippen MR) is 139 cm³/mol. The maximum Gasteiger partial charge on any atom is 0.295 e. The van der Waals surface area contributed by atoms with E-state index in [4.69, 9.17) is 10.5 Å². The van der Waals surface area contributed by atoms with Gasteiger partial charge in [0.05, 0.1) is 29.2 Å². The number of carbonyl (C=O) groups is 1. The van der Waals surface area contributed by atoms with Gasteiger partial charge >= 0.3 is 0 Å². The lowest BCUT2D eigenvalue weighted by molar-refractivity contribution is -0.384. The molecule has 1 saturated heterocycles. The summed E-state index contributed by atoms with van der Waals surface area (Å²) in [6.45, 7) is 2.32. The molecule has 4 aromatic rings. The summed E-state index contributed by atoms with van der Waals surface area (Å²) in [6, 6.07) is 16.4. The molecule has 5 rings (SSSR count). The zero-order valence-corrected chi connectivity index (χ0v) is 20.5. The highest BCUT2D eigenvalue weighted by atomic mass is 79.9. The number of hydrogen-bond donors (Lipinski definition) is 1. The molecule has 0 unspecified atom stereocenters. The number of nitro groups is 1. The van der Waals surface area contributed by atoms with Gasteiger partial charge < -0.3 is 15.4 Å². The summed E-state index contributed by atoms with van der Waals surface area (Å²) in [7, 11) is 0. The first-order valence-electron chi connectivity index (χ1n) is 11.1. The summed E-state index contributed by atoms with van der Waals surface area (Å²) in [5.74, 6) is -0.621. The van der Waals surface area contributed by atoms with Crippen molar-refractivity contribution in [1.82, 2.24) is 9.78 Å². The van der Waals surface area contributed by atoms with E-state index in [1.54, 1.807) is 54.6 Å². The predicted octanol–water partition coefficient (Wildman–Crippen LogP) is 3.66. The molecule has 1 aromatic heterocycles. The van der Waals surface area contributed by atoms with Crippen molar-refractivity contribution in [3.63, 3.8) is 0 Å². The molecule has 2 N–H and O–H groups in total. The first kappa shape index (κ1) is 23.6. The molecule has 3 aromatic carbocycles. The molecule has 2 heterocycles. The van der Waals surface area contributed by atoms with Crippen LogP contribution in [0.4, 0.5) is 11.4 Å². The standard InChI is InChI=1S/C25H20BrN5O5/c26-17-12-15(11-16(13-17)24(27)32)23-19-3-1-2-4-20(19)25(33)30(28-23)22-14-18(5-6-21(22)31(34)35)29-7-9-36-10-8-29/h1-6,11-14H,7-10H2,(H2,27,32). The Morgan fingerprint density at radius 2 is 1.78 bits per heavy atom. The van der Waals surface area contributed by atoms with Crippen molar-refractivity contribution < 1.29 is 14.5 Å². The third-order valence-electron chi connectivity index (χ3n) is 6.02. The number of morpholine rings is 1. The van der Waals surface area contributed by atoms with Gasteiger partial charge in [-0.05, 0) is 36.4 Å². The number of nitro benzene ring substituents is 1. The molecule has 0 atom stereocenters. The maximum atomic E-state index is 13.6. The highest BCUT2D eigenvalue weighted by Crippen LogP contribution is 2.32. The number of primary amides is 1. The van der Waals surface area contributed by atoms with Crippen LogP contribution in [-0.4, -0.2) is 46.9 Å². The molecule has 0 saturated carbocycles. The van der Waals surface area contributed by atoms with Crippen LogP contribution in [-0.2, 0) is 4.74 Å². The Bertz CT molecular complexity index is 1580.